The second-order valence-electron chi connectivity index (χ2n) is 4.30. The number of aromatic nitrogens is 1. The van der Waals surface area contributed by atoms with E-state index in [0.29, 0.717) is 29.5 Å². The predicted molar refractivity (Wildman–Crippen MR) is 79.1 cm³/mol. The van der Waals surface area contributed by atoms with Gasteiger partial charge in [0.1, 0.15) is 35.4 Å². The van der Waals surface area contributed by atoms with E-state index in [9.17, 15) is 0 Å². The molecule has 0 radical (unpaired) electrons. The van der Waals surface area contributed by atoms with Crippen LogP contribution in [0.2, 0.25) is 0 Å². The van der Waals surface area contributed by atoms with Crippen molar-refractivity contribution < 1.29 is 14.2 Å². The molecule has 2 aromatic rings. The maximum atomic E-state index is 7.38. The Kier molecular flexibility index (Phi) is 4.61. The quantitative estimate of drug-likeness (QED) is 0.626. The summed E-state index contributed by atoms with van der Waals surface area (Å²) in [6.07, 6.45) is 1.60. The lowest BCUT2D eigenvalue weighted by molar-refractivity contribution is 0.300. The number of ether oxygens (including phenoxy) is 3. The van der Waals surface area contributed by atoms with Gasteiger partial charge in [-0.15, -0.1) is 0 Å². The summed E-state index contributed by atoms with van der Waals surface area (Å²) in [7, 11) is 3.17. The lowest BCUT2D eigenvalue weighted by atomic mass is 10.2. The first-order valence-corrected chi connectivity index (χ1v) is 6.27. The SMILES string of the molecule is COc1cc(OC)cc(OCc2ccnc(C(=N)N)c2)c1. The van der Waals surface area contributed by atoms with E-state index in [1.807, 2.05) is 6.07 Å². The Morgan fingerprint density at radius 2 is 1.71 bits per heavy atom. The highest BCUT2D eigenvalue weighted by Crippen LogP contribution is 2.27. The summed E-state index contributed by atoms with van der Waals surface area (Å²) >= 11 is 0. The molecule has 0 aliphatic heterocycles. The normalized spacial score (nSPS) is 10.0. The van der Waals surface area contributed by atoms with Gasteiger partial charge < -0.3 is 19.9 Å². The Labute approximate surface area is 123 Å². The summed E-state index contributed by atoms with van der Waals surface area (Å²) in [5.74, 6) is 1.87. The highest BCUT2D eigenvalue weighted by Gasteiger charge is 2.05. The molecule has 21 heavy (non-hydrogen) atoms. The lowest BCUT2D eigenvalue weighted by Crippen LogP contribution is -2.13. The number of hydrogen-bond donors (Lipinski definition) is 2. The van der Waals surface area contributed by atoms with Gasteiger partial charge in [0, 0.05) is 24.4 Å². The van der Waals surface area contributed by atoms with Crippen LogP contribution in [0.3, 0.4) is 0 Å². The van der Waals surface area contributed by atoms with Crippen LogP contribution in [0.25, 0.3) is 0 Å². The molecule has 1 heterocycles. The Balaban J connectivity index is 2.12. The van der Waals surface area contributed by atoms with Crippen molar-refractivity contribution in [3.63, 3.8) is 0 Å². The van der Waals surface area contributed by atoms with Crippen molar-refractivity contribution >= 4 is 5.84 Å². The fourth-order valence-corrected chi connectivity index (χ4v) is 1.74. The largest absolute Gasteiger partial charge is 0.496 e. The van der Waals surface area contributed by atoms with Gasteiger partial charge in [-0.05, 0) is 17.7 Å². The van der Waals surface area contributed by atoms with Gasteiger partial charge in [-0.2, -0.15) is 0 Å². The number of benzene rings is 1. The standard InChI is InChI=1S/C15H17N3O3/c1-19-11-6-12(20-2)8-13(7-11)21-9-10-3-4-18-14(5-10)15(16)17/h3-8H,9H2,1-2H3,(H3,16,17). The number of methoxy groups -OCH3 is 2. The average molecular weight is 287 g/mol. The molecular formula is C15H17N3O3. The van der Waals surface area contributed by atoms with Crippen molar-refractivity contribution in [2.75, 3.05) is 14.2 Å². The molecule has 0 saturated heterocycles. The van der Waals surface area contributed by atoms with Crippen molar-refractivity contribution in [1.29, 1.82) is 5.41 Å². The molecule has 6 heteroatoms. The molecule has 1 aromatic carbocycles. The monoisotopic (exact) mass is 287 g/mol. The minimum atomic E-state index is -0.0695. The van der Waals surface area contributed by atoms with E-state index in [1.54, 1.807) is 44.7 Å². The number of nitrogens with one attached hydrogen (secondary N) is 1. The molecule has 0 atom stereocenters. The van der Waals surface area contributed by atoms with E-state index < -0.39 is 0 Å². The summed E-state index contributed by atoms with van der Waals surface area (Å²) in [5, 5.41) is 7.38. The zero-order valence-electron chi connectivity index (χ0n) is 11.9. The molecule has 0 aliphatic rings. The van der Waals surface area contributed by atoms with E-state index in [2.05, 4.69) is 4.98 Å². The van der Waals surface area contributed by atoms with E-state index in [-0.39, 0.29) is 5.84 Å². The van der Waals surface area contributed by atoms with E-state index in [1.165, 1.54) is 0 Å². The van der Waals surface area contributed by atoms with Crippen LogP contribution in [0.4, 0.5) is 0 Å². The second kappa shape index (κ2) is 6.60. The van der Waals surface area contributed by atoms with Crippen LogP contribution < -0.4 is 19.9 Å². The zero-order valence-corrected chi connectivity index (χ0v) is 11.9. The number of pyridine rings is 1. The minimum Gasteiger partial charge on any atom is -0.496 e. The van der Waals surface area contributed by atoms with Crippen LogP contribution in [0.15, 0.2) is 36.5 Å². The van der Waals surface area contributed by atoms with Crippen LogP contribution in [-0.2, 0) is 6.61 Å². The van der Waals surface area contributed by atoms with Crippen molar-refractivity contribution in [1.82, 2.24) is 4.98 Å². The van der Waals surface area contributed by atoms with Crippen LogP contribution in [0.5, 0.6) is 17.2 Å². The van der Waals surface area contributed by atoms with Gasteiger partial charge in [-0.1, -0.05) is 0 Å². The van der Waals surface area contributed by atoms with Crippen molar-refractivity contribution in [3.8, 4) is 17.2 Å². The molecule has 0 aliphatic carbocycles. The molecule has 0 fully saturated rings. The Hall–Kier alpha value is -2.76. The van der Waals surface area contributed by atoms with Gasteiger partial charge in [0.15, 0.2) is 0 Å². The summed E-state index contributed by atoms with van der Waals surface area (Å²) in [6, 6.07) is 8.85. The van der Waals surface area contributed by atoms with Crippen molar-refractivity contribution in [2.24, 2.45) is 5.73 Å². The molecule has 6 nitrogen and oxygen atoms in total. The van der Waals surface area contributed by atoms with Gasteiger partial charge in [-0.3, -0.25) is 10.4 Å². The number of nitrogen functional groups attached to an aromatic ring is 1. The maximum Gasteiger partial charge on any atom is 0.141 e. The Morgan fingerprint density at radius 3 is 2.29 bits per heavy atom. The molecule has 110 valence electrons. The van der Waals surface area contributed by atoms with Gasteiger partial charge in [-0.25, -0.2) is 0 Å². The van der Waals surface area contributed by atoms with Gasteiger partial charge in [0.25, 0.3) is 0 Å². The predicted octanol–water partition coefficient (Wildman–Crippen LogP) is 1.96. The van der Waals surface area contributed by atoms with E-state index in [4.69, 9.17) is 25.4 Å². The summed E-state index contributed by atoms with van der Waals surface area (Å²) in [4.78, 5) is 4.00. The van der Waals surface area contributed by atoms with E-state index in [0.717, 1.165) is 5.56 Å². The number of nitrogens with zero attached hydrogens (tertiary/aromatic N) is 1. The molecule has 0 amide bonds. The molecule has 0 saturated carbocycles. The highest BCUT2D eigenvalue weighted by molar-refractivity contribution is 5.93. The Morgan fingerprint density at radius 1 is 1.10 bits per heavy atom. The molecule has 2 rings (SSSR count). The smallest absolute Gasteiger partial charge is 0.141 e. The van der Waals surface area contributed by atoms with Crippen LogP contribution in [-0.4, -0.2) is 25.0 Å². The number of nitrogens with two attached hydrogens (primary N) is 1. The topological polar surface area (TPSA) is 90.5 Å². The number of amidine groups is 1. The van der Waals surface area contributed by atoms with Crippen molar-refractivity contribution in [3.05, 3.63) is 47.8 Å². The molecular weight excluding hydrogens is 270 g/mol. The second-order valence-corrected chi connectivity index (χ2v) is 4.30. The summed E-state index contributed by atoms with van der Waals surface area (Å²) < 4.78 is 16.1. The third-order valence-corrected chi connectivity index (χ3v) is 2.83. The minimum absolute atomic E-state index is 0.0695. The first-order chi connectivity index (χ1) is 10.1. The first kappa shape index (κ1) is 14.6. The van der Waals surface area contributed by atoms with E-state index >= 15 is 0 Å². The van der Waals surface area contributed by atoms with Gasteiger partial charge >= 0.3 is 0 Å². The third kappa shape index (κ3) is 3.85. The lowest BCUT2D eigenvalue weighted by Gasteiger charge is -2.10. The van der Waals surface area contributed by atoms with Gasteiger partial charge in [0.2, 0.25) is 0 Å². The molecule has 1 aromatic heterocycles. The Bertz CT molecular complexity index is 622. The zero-order chi connectivity index (χ0) is 15.2. The van der Waals surface area contributed by atoms with Crippen LogP contribution in [0.1, 0.15) is 11.3 Å². The van der Waals surface area contributed by atoms with Crippen molar-refractivity contribution in [2.45, 2.75) is 6.61 Å². The average Bonchev–Trinajstić information content (AvgIpc) is 2.52. The molecule has 0 bridgehead atoms. The third-order valence-electron chi connectivity index (χ3n) is 2.83. The molecule has 3 N–H and O–H groups in total. The maximum absolute atomic E-state index is 7.38. The first-order valence-electron chi connectivity index (χ1n) is 6.27. The fourth-order valence-electron chi connectivity index (χ4n) is 1.74. The van der Waals surface area contributed by atoms with Crippen LogP contribution >= 0.6 is 0 Å². The summed E-state index contributed by atoms with van der Waals surface area (Å²) in [5.41, 5.74) is 6.71. The number of hydrogen-bond acceptors (Lipinski definition) is 5. The number of rotatable bonds is 6. The van der Waals surface area contributed by atoms with Crippen LogP contribution in [0, 0.1) is 5.41 Å². The summed E-state index contributed by atoms with van der Waals surface area (Å²) in [6.45, 7) is 0.332. The fraction of sp³-hybridized carbons (Fsp3) is 0.200. The molecule has 0 spiro atoms. The van der Waals surface area contributed by atoms with Gasteiger partial charge in [0.05, 0.1) is 14.2 Å². The highest BCUT2D eigenvalue weighted by atomic mass is 16.5. The molecule has 0 unspecified atom stereocenters.